The van der Waals surface area contributed by atoms with Crippen LogP contribution in [-0.2, 0) is 17.9 Å². The van der Waals surface area contributed by atoms with Gasteiger partial charge in [-0.1, -0.05) is 12.1 Å². The Morgan fingerprint density at radius 1 is 0.644 bits per heavy atom. The predicted octanol–water partition coefficient (Wildman–Crippen LogP) is 6.28. The molecule has 0 saturated carbocycles. The second-order valence-electron chi connectivity index (χ2n) is 10.4. The number of carbonyl (C=O) groups excluding carboxylic acids is 2. The number of nitrogens with zero attached hydrogens (tertiary/aromatic N) is 2. The number of anilines is 7. The Morgan fingerprint density at radius 2 is 1.16 bits per heavy atom. The van der Waals surface area contributed by atoms with E-state index in [4.69, 9.17) is 5.73 Å². The van der Waals surface area contributed by atoms with Gasteiger partial charge in [-0.15, -0.1) is 0 Å². The molecule has 0 atom stereocenters. The number of aromatic nitrogens is 2. The molecule has 0 bridgehead atoms. The van der Waals surface area contributed by atoms with Gasteiger partial charge < -0.3 is 27.0 Å². The molecule has 2 heterocycles. The number of hydrogen-bond acceptors (Lipinski definition) is 5. The van der Waals surface area contributed by atoms with E-state index >= 15 is 0 Å². The first-order valence-electron chi connectivity index (χ1n) is 14.8. The summed E-state index contributed by atoms with van der Waals surface area (Å²) < 4.78 is 4.16. The van der Waals surface area contributed by atoms with E-state index in [0.29, 0.717) is 22.6 Å². The van der Waals surface area contributed by atoms with Crippen molar-refractivity contribution < 1.29 is 18.7 Å². The summed E-state index contributed by atoms with van der Waals surface area (Å²) in [5, 5.41) is 12.4. The van der Waals surface area contributed by atoms with Crippen molar-refractivity contribution in [3.05, 3.63) is 133 Å². The number of rotatable bonds is 11. The topological polar surface area (TPSA) is 116 Å². The first kappa shape index (κ1) is 30.5. The lowest BCUT2D eigenvalue weighted by Gasteiger charge is -2.11. The molecular formula is C36H37N7O2+2. The number of nitrogen functional groups attached to an aromatic ring is 1. The highest BCUT2D eigenvalue weighted by molar-refractivity contribution is 6.06. The molecule has 2 amide bonds. The van der Waals surface area contributed by atoms with Crippen molar-refractivity contribution in [2.45, 2.75) is 26.9 Å². The molecule has 9 heteroatoms. The first-order chi connectivity index (χ1) is 21.9. The number of benzene rings is 3. The summed E-state index contributed by atoms with van der Waals surface area (Å²) in [7, 11) is 0. The lowest BCUT2D eigenvalue weighted by atomic mass is 10.1. The summed E-state index contributed by atoms with van der Waals surface area (Å²) in [5.41, 5.74) is 12.8. The number of pyridine rings is 2. The summed E-state index contributed by atoms with van der Waals surface area (Å²) >= 11 is 0. The van der Waals surface area contributed by atoms with Crippen LogP contribution in [0.5, 0.6) is 0 Å². The summed E-state index contributed by atoms with van der Waals surface area (Å²) in [5.74, 6) is -0.535. The van der Waals surface area contributed by atoms with Gasteiger partial charge in [0.2, 0.25) is 5.91 Å². The molecule has 0 aliphatic heterocycles. The molecule has 0 fully saturated rings. The number of amides is 2. The Labute approximate surface area is 263 Å². The highest BCUT2D eigenvalue weighted by Gasteiger charge is 2.10. The molecule has 0 aliphatic rings. The van der Waals surface area contributed by atoms with Crippen molar-refractivity contribution in [1.82, 2.24) is 0 Å². The van der Waals surface area contributed by atoms with Crippen LogP contribution in [0.15, 0.2) is 122 Å². The van der Waals surface area contributed by atoms with Gasteiger partial charge in [0.05, 0.1) is 22.7 Å². The van der Waals surface area contributed by atoms with Crippen molar-refractivity contribution in [3.8, 4) is 0 Å². The largest absolute Gasteiger partial charge is 0.397 e. The second-order valence-corrected chi connectivity index (χ2v) is 10.4. The fourth-order valence-corrected chi connectivity index (χ4v) is 4.52. The zero-order chi connectivity index (χ0) is 31.6. The fraction of sp³-hybridized carbons (Fsp3) is 0.111. The van der Waals surface area contributed by atoms with E-state index in [1.54, 1.807) is 42.5 Å². The van der Waals surface area contributed by atoms with Gasteiger partial charge in [0.1, 0.15) is 13.1 Å². The van der Waals surface area contributed by atoms with Gasteiger partial charge in [0.15, 0.2) is 24.8 Å². The monoisotopic (exact) mass is 599 g/mol. The normalized spacial score (nSPS) is 10.8. The first-order valence-corrected chi connectivity index (χ1v) is 14.8. The number of carbonyl (C=O) groups is 2. The molecule has 226 valence electrons. The van der Waals surface area contributed by atoms with Crippen LogP contribution in [0.2, 0.25) is 0 Å². The molecular weight excluding hydrogens is 562 g/mol. The maximum absolute atomic E-state index is 12.9. The number of nitrogens with two attached hydrogens (primary N) is 1. The predicted molar refractivity (Wildman–Crippen MR) is 181 cm³/mol. The van der Waals surface area contributed by atoms with Gasteiger partial charge in [-0.25, -0.2) is 9.13 Å². The molecule has 0 radical (unpaired) electrons. The molecule has 45 heavy (non-hydrogen) atoms. The standard InChI is InChI=1S/C36H35N7O2/c1-3-42-21-17-30(18-22-42)38-28-10-12-29(13-11-28)40-35(44)16-7-26-5-8-27(9-6-26)36(45)41-34-15-14-32(25-33(34)37)39-31-19-23-43(4-2)24-20-31/h5-25H,3-4H2,1-2H3,(H4,37,40,41,44,45)/p+2. The lowest BCUT2D eigenvalue weighted by molar-refractivity contribution is -0.693. The van der Waals surface area contributed by atoms with Crippen LogP contribution in [0.25, 0.3) is 6.08 Å². The van der Waals surface area contributed by atoms with Crippen LogP contribution >= 0.6 is 0 Å². The van der Waals surface area contributed by atoms with Crippen LogP contribution in [0.1, 0.15) is 29.8 Å². The highest BCUT2D eigenvalue weighted by Crippen LogP contribution is 2.26. The van der Waals surface area contributed by atoms with Crippen LogP contribution in [-0.4, -0.2) is 11.8 Å². The average Bonchev–Trinajstić information content (AvgIpc) is 3.07. The minimum absolute atomic E-state index is 0.255. The van der Waals surface area contributed by atoms with Gasteiger partial charge in [0, 0.05) is 53.0 Å². The zero-order valence-corrected chi connectivity index (χ0v) is 25.3. The van der Waals surface area contributed by atoms with Gasteiger partial charge in [-0.3, -0.25) is 9.59 Å². The van der Waals surface area contributed by atoms with E-state index in [0.717, 1.165) is 41.4 Å². The van der Waals surface area contributed by atoms with E-state index in [9.17, 15) is 9.59 Å². The second kappa shape index (κ2) is 14.5. The maximum atomic E-state index is 12.9. The number of aryl methyl sites for hydroxylation is 2. The molecule has 0 saturated heterocycles. The molecule has 5 rings (SSSR count). The van der Waals surface area contributed by atoms with E-state index in [-0.39, 0.29) is 11.8 Å². The summed E-state index contributed by atoms with van der Waals surface area (Å²) in [6.45, 7) is 6.01. The van der Waals surface area contributed by atoms with E-state index < -0.39 is 0 Å². The Hall–Kier alpha value is -5.96. The summed E-state index contributed by atoms with van der Waals surface area (Å²) in [6, 6.07) is 27.9. The summed E-state index contributed by atoms with van der Waals surface area (Å²) in [6.07, 6.45) is 11.2. The molecule has 5 aromatic rings. The third-order valence-corrected chi connectivity index (χ3v) is 7.14. The molecule has 9 nitrogen and oxygen atoms in total. The molecule has 2 aromatic heterocycles. The molecule has 0 spiro atoms. The minimum Gasteiger partial charge on any atom is -0.397 e. The van der Waals surface area contributed by atoms with E-state index in [1.807, 2.05) is 79.4 Å². The van der Waals surface area contributed by atoms with Crippen molar-refractivity contribution in [2.75, 3.05) is 27.0 Å². The average molecular weight is 600 g/mol. The third kappa shape index (κ3) is 8.55. The highest BCUT2D eigenvalue weighted by atomic mass is 16.2. The summed E-state index contributed by atoms with van der Waals surface area (Å²) in [4.78, 5) is 25.4. The molecule has 3 aromatic carbocycles. The van der Waals surface area contributed by atoms with Crippen LogP contribution in [0, 0.1) is 0 Å². The Kier molecular flexibility index (Phi) is 9.81. The van der Waals surface area contributed by atoms with Crippen molar-refractivity contribution in [2.24, 2.45) is 0 Å². The smallest absolute Gasteiger partial charge is 0.255 e. The minimum atomic E-state index is -0.280. The Balaban J connectivity index is 1.11. The maximum Gasteiger partial charge on any atom is 0.255 e. The fourth-order valence-electron chi connectivity index (χ4n) is 4.52. The van der Waals surface area contributed by atoms with E-state index in [1.165, 1.54) is 6.08 Å². The van der Waals surface area contributed by atoms with Crippen molar-refractivity contribution in [1.29, 1.82) is 0 Å². The molecule has 0 unspecified atom stereocenters. The third-order valence-electron chi connectivity index (χ3n) is 7.14. The van der Waals surface area contributed by atoms with Crippen LogP contribution in [0.4, 0.5) is 39.8 Å². The number of hydrogen-bond donors (Lipinski definition) is 5. The van der Waals surface area contributed by atoms with Gasteiger partial charge in [-0.2, -0.15) is 0 Å². The SMILES string of the molecule is CC[n+]1ccc(Nc2ccc(NC(=O)/C=C/c3ccc(C(=O)Nc4ccc(Nc5cc[n+](CC)cc5)cc4N)cc3)cc2)cc1. The van der Waals surface area contributed by atoms with E-state index in [2.05, 4.69) is 44.2 Å². The van der Waals surface area contributed by atoms with Crippen LogP contribution in [0.3, 0.4) is 0 Å². The van der Waals surface area contributed by atoms with Gasteiger partial charge >= 0.3 is 0 Å². The van der Waals surface area contributed by atoms with Crippen molar-refractivity contribution in [3.63, 3.8) is 0 Å². The molecule has 0 aliphatic carbocycles. The Morgan fingerprint density at radius 3 is 1.71 bits per heavy atom. The van der Waals surface area contributed by atoms with Gasteiger partial charge in [0.25, 0.3) is 5.91 Å². The Bertz CT molecular complexity index is 1780. The zero-order valence-electron chi connectivity index (χ0n) is 25.3. The van der Waals surface area contributed by atoms with Crippen LogP contribution < -0.4 is 36.1 Å². The molecule has 6 N–H and O–H groups in total. The van der Waals surface area contributed by atoms with Gasteiger partial charge in [-0.05, 0) is 80.1 Å². The quantitative estimate of drug-likeness (QED) is 0.0697. The lowest BCUT2D eigenvalue weighted by Crippen LogP contribution is -2.30. The number of nitrogens with one attached hydrogen (secondary N) is 4. The van der Waals surface area contributed by atoms with Crippen molar-refractivity contribution >= 4 is 57.7 Å².